The van der Waals surface area contributed by atoms with Crippen molar-refractivity contribution >= 4 is 86.0 Å². The number of aryl methyl sites for hydroxylation is 2. The van der Waals surface area contributed by atoms with Crippen molar-refractivity contribution in [1.82, 2.24) is 0 Å². The summed E-state index contributed by atoms with van der Waals surface area (Å²) in [7, 11) is -2.77. The summed E-state index contributed by atoms with van der Waals surface area (Å²) in [5.74, 6) is 0. The molecule has 0 aliphatic carbocycles. The first-order valence-electron chi connectivity index (χ1n) is 24.3. The summed E-state index contributed by atoms with van der Waals surface area (Å²) in [5.41, 5.74) is 18.9. The minimum atomic E-state index is -2.77. The van der Waals surface area contributed by atoms with Gasteiger partial charge in [0.25, 0.3) is 6.71 Å². The Balaban J connectivity index is 1.19. The van der Waals surface area contributed by atoms with E-state index in [4.69, 9.17) is 0 Å². The van der Waals surface area contributed by atoms with Gasteiger partial charge in [-0.25, -0.2) is 0 Å². The van der Waals surface area contributed by atoms with Crippen molar-refractivity contribution in [3.63, 3.8) is 0 Å². The van der Waals surface area contributed by atoms with Crippen LogP contribution in [0, 0.1) is 13.8 Å². The highest BCUT2D eigenvalue weighted by Crippen LogP contribution is 2.46. The van der Waals surface area contributed by atoms with Crippen LogP contribution in [0.5, 0.6) is 0 Å². The van der Waals surface area contributed by atoms with Crippen LogP contribution in [-0.2, 0) is 10.8 Å². The van der Waals surface area contributed by atoms with Gasteiger partial charge in [0.15, 0.2) is 8.07 Å². The van der Waals surface area contributed by atoms with Crippen molar-refractivity contribution in [2.24, 2.45) is 0 Å². The van der Waals surface area contributed by atoms with Gasteiger partial charge in [-0.05, 0) is 138 Å². The first kappa shape index (κ1) is 43.4. The minimum absolute atomic E-state index is 0.0213. The Morgan fingerprint density at radius 3 is 1.43 bits per heavy atom. The second-order valence-corrected chi connectivity index (χ2v) is 24.9. The predicted octanol–water partition coefficient (Wildman–Crippen LogP) is 12.0. The standard InChI is InChI=1S/C64H59BN2Si/c1-44-39-60-62-61(40-44)67(57-38-35-54(41-45(57)2)68(51-23-15-10-16-24-51,52-25-17-11-18-26-52)53-27-19-12-20-28-53)59-42-47(46-21-13-9-14-22-46)29-36-55(59)65(62)56-43-49(64(6,7)8)32-37-58(56)66(60)50-33-30-48(31-34-50)63(3,4)5/h9-43H,1-8H3. The van der Waals surface area contributed by atoms with Crippen LogP contribution >= 0.6 is 0 Å². The highest BCUT2D eigenvalue weighted by Gasteiger charge is 2.45. The van der Waals surface area contributed by atoms with Crippen LogP contribution in [0.3, 0.4) is 0 Å². The average Bonchev–Trinajstić information content (AvgIpc) is 3.35. The molecule has 0 bridgehead atoms. The molecule has 2 nitrogen and oxygen atoms in total. The molecular formula is C64H59BN2Si. The molecule has 9 aromatic carbocycles. The molecule has 0 aromatic heterocycles. The summed E-state index contributed by atoms with van der Waals surface area (Å²) in [5, 5.41) is 5.50. The third-order valence-corrected chi connectivity index (χ3v) is 19.4. The molecule has 0 unspecified atom stereocenters. The molecule has 9 aromatic rings. The monoisotopic (exact) mass is 894 g/mol. The van der Waals surface area contributed by atoms with Gasteiger partial charge in [-0.2, -0.15) is 0 Å². The molecule has 0 spiro atoms. The fourth-order valence-corrected chi connectivity index (χ4v) is 16.1. The Hall–Kier alpha value is -7.14. The molecule has 68 heavy (non-hydrogen) atoms. The van der Waals surface area contributed by atoms with Crippen LogP contribution < -0.4 is 46.9 Å². The number of rotatable bonds is 7. The lowest BCUT2D eigenvalue weighted by Gasteiger charge is -2.45. The fourth-order valence-electron chi connectivity index (χ4n) is 11.3. The molecule has 0 fully saturated rings. The molecule has 0 saturated carbocycles. The van der Waals surface area contributed by atoms with Gasteiger partial charge in [0, 0.05) is 34.1 Å². The molecule has 2 aliphatic heterocycles. The summed E-state index contributed by atoms with van der Waals surface area (Å²) in [6.45, 7) is 18.5. The molecule has 0 atom stereocenters. The first-order valence-corrected chi connectivity index (χ1v) is 26.3. The third-order valence-electron chi connectivity index (χ3n) is 14.7. The van der Waals surface area contributed by atoms with Crippen molar-refractivity contribution in [1.29, 1.82) is 0 Å². The van der Waals surface area contributed by atoms with E-state index in [0.29, 0.717) is 0 Å². The summed E-state index contributed by atoms with van der Waals surface area (Å²) < 4.78 is 0. The van der Waals surface area contributed by atoms with Crippen molar-refractivity contribution in [3.8, 4) is 11.1 Å². The van der Waals surface area contributed by atoms with E-state index in [-0.39, 0.29) is 17.5 Å². The molecule has 332 valence electrons. The van der Waals surface area contributed by atoms with Gasteiger partial charge in [0.05, 0.1) is 0 Å². The predicted molar refractivity (Wildman–Crippen MR) is 296 cm³/mol. The van der Waals surface area contributed by atoms with Gasteiger partial charge in [-0.3, -0.25) is 0 Å². The topological polar surface area (TPSA) is 6.48 Å². The molecule has 0 amide bonds. The largest absolute Gasteiger partial charge is 0.311 e. The second-order valence-electron chi connectivity index (χ2n) is 21.1. The quantitative estimate of drug-likeness (QED) is 0.116. The lowest BCUT2D eigenvalue weighted by Crippen LogP contribution is -2.74. The van der Waals surface area contributed by atoms with E-state index in [2.05, 4.69) is 278 Å². The number of fused-ring (bicyclic) bond motifs is 4. The molecule has 0 radical (unpaired) electrons. The van der Waals surface area contributed by atoms with E-state index in [1.165, 1.54) is 105 Å². The molecule has 4 heteroatoms. The normalized spacial score (nSPS) is 13.2. The van der Waals surface area contributed by atoms with Crippen molar-refractivity contribution in [3.05, 3.63) is 235 Å². The van der Waals surface area contributed by atoms with Crippen LogP contribution in [0.2, 0.25) is 0 Å². The average molecular weight is 895 g/mol. The Bertz CT molecular complexity index is 3220. The molecular weight excluding hydrogens is 836 g/mol. The van der Waals surface area contributed by atoms with Crippen molar-refractivity contribution < 1.29 is 0 Å². The Kier molecular flexibility index (Phi) is 10.6. The zero-order valence-corrected chi connectivity index (χ0v) is 41.7. The van der Waals surface area contributed by atoms with Gasteiger partial charge in [-0.15, -0.1) is 0 Å². The van der Waals surface area contributed by atoms with E-state index in [1.807, 2.05) is 0 Å². The highest BCUT2D eigenvalue weighted by molar-refractivity contribution is 7.20. The first-order chi connectivity index (χ1) is 32.8. The number of hydrogen-bond acceptors (Lipinski definition) is 2. The Labute approximate surface area is 405 Å². The van der Waals surface area contributed by atoms with Gasteiger partial charge in [0.2, 0.25) is 0 Å². The van der Waals surface area contributed by atoms with E-state index in [0.717, 1.165) is 0 Å². The maximum Gasteiger partial charge on any atom is 0.252 e. The van der Waals surface area contributed by atoms with E-state index in [1.54, 1.807) is 0 Å². The van der Waals surface area contributed by atoms with E-state index >= 15 is 0 Å². The Morgan fingerprint density at radius 1 is 0.368 bits per heavy atom. The molecule has 2 heterocycles. The molecule has 0 N–H and O–H groups in total. The number of hydrogen-bond donors (Lipinski definition) is 0. The summed E-state index contributed by atoms with van der Waals surface area (Å²) in [6.07, 6.45) is 0. The lowest BCUT2D eigenvalue weighted by atomic mass is 9.33. The lowest BCUT2D eigenvalue weighted by molar-refractivity contribution is 0.590. The van der Waals surface area contributed by atoms with E-state index in [9.17, 15) is 0 Å². The molecule has 0 saturated heterocycles. The number of anilines is 6. The van der Waals surface area contributed by atoms with Crippen LogP contribution in [0.1, 0.15) is 63.8 Å². The fraction of sp³-hybridized carbons (Fsp3) is 0.156. The number of benzene rings is 9. The van der Waals surface area contributed by atoms with Gasteiger partial charge >= 0.3 is 0 Å². The van der Waals surface area contributed by atoms with Crippen LogP contribution in [0.4, 0.5) is 34.1 Å². The molecule has 2 aliphatic rings. The van der Waals surface area contributed by atoms with Gasteiger partial charge in [0.1, 0.15) is 0 Å². The SMILES string of the molecule is Cc1cc2c3c(c1)N(c1ccc([Si](c4ccccc4)(c4ccccc4)c4ccccc4)cc1C)c1cc(-c4ccccc4)ccc1B3c1cc(C(C)(C)C)ccc1N2c1ccc(C(C)(C)C)cc1. The zero-order chi connectivity index (χ0) is 47.0. The maximum atomic E-state index is 2.61. The number of nitrogens with zero attached hydrogens (tertiary/aromatic N) is 2. The summed E-state index contributed by atoms with van der Waals surface area (Å²) >= 11 is 0. The summed E-state index contributed by atoms with van der Waals surface area (Å²) in [4.78, 5) is 5.16. The van der Waals surface area contributed by atoms with Crippen LogP contribution in [0.25, 0.3) is 11.1 Å². The van der Waals surface area contributed by atoms with Crippen LogP contribution in [-0.4, -0.2) is 14.8 Å². The van der Waals surface area contributed by atoms with Gasteiger partial charge in [-0.1, -0.05) is 211 Å². The third kappa shape index (κ3) is 7.16. The van der Waals surface area contributed by atoms with Crippen LogP contribution in [0.15, 0.2) is 212 Å². The van der Waals surface area contributed by atoms with Crippen molar-refractivity contribution in [2.45, 2.75) is 66.2 Å². The minimum Gasteiger partial charge on any atom is -0.311 e. The van der Waals surface area contributed by atoms with Gasteiger partial charge < -0.3 is 9.80 Å². The summed E-state index contributed by atoms with van der Waals surface area (Å²) in [6, 6.07) is 80.9. The Morgan fingerprint density at radius 2 is 0.882 bits per heavy atom. The van der Waals surface area contributed by atoms with E-state index < -0.39 is 8.07 Å². The zero-order valence-electron chi connectivity index (χ0n) is 40.7. The molecule has 11 rings (SSSR count). The highest BCUT2D eigenvalue weighted by atomic mass is 28.3. The van der Waals surface area contributed by atoms with Crippen molar-refractivity contribution in [2.75, 3.05) is 9.80 Å². The maximum absolute atomic E-state index is 2.77. The smallest absolute Gasteiger partial charge is 0.252 e. The second kappa shape index (κ2) is 16.6.